The van der Waals surface area contributed by atoms with Gasteiger partial charge in [0.25, 0.3) is 0 Å². The molecule has 0 saturated carbocycles. The van der Waals surface area contributed by atoms with Crippen molar-refractivity contribution >= 4 is 22.9 Å². The van der Waals surface area contributed by atoms with E-state index in [4.69, 9.17) is 16.3 Å². The van der Waals surface area contributed by atoms with Crippen molar-refractivity contribution < 1.29 is 4.74 Å². The van der Waals surface area contributed by atoms with Gasteiger partial charge in [-0.2, -0.15) is 0 Å². The molecule has 19 heavy (non-hydrogen) atoms. The maximum atomic E-state index is 5.78. The van der Waals surface area contributed by atoms with Crippen LogP contribution in [0.15, 0.2) is 29.6 Å². The molecule has 102 valence electrons. The minimum Gasteiger partial charge on any atom is -0.374 e. The summed E-state index contributed by atoms with van der Waals surface area (Å²) < 4.78 is 5.76. The molecule has 0 saturated heterocycles. The standard InChI is InChI=1S/C15H18ClNOS/c1-3-11(2)18-9-12-5-4-6-13(7-12)15-17-14(8-16)10-19-15/h4-7,10-11H,3,8-9H2,1-2H3. The molecule has 2 rings (SSSR count). The molecule has 0 aliphatic heterocycles. The van der Waals surface area contributed by atoms with E-state index < -0.39 is 0 Å². The maximum Gasteiger partial charge on any atom is 0.123 e. The third-order valence-corrected chi connectivity index (χ3v) is 4.19. The Morgan fingerprint density at radius 3 is 2.95 bits per heavy atom. The number of alkyl halides is 1. The monoisotopic (exact) mass is 295 g/mol. The highest BCUT2D eigenvalue weighted by Gasteiger charge is 2.06. The summed E-state index contributed by atoms with van der Waals surface area (Å²) in [6, 6.07) is 8.34. The lowest BCUT2D eigenvalue weighted by Crippen LogP contribution is -2.05. The first-order chi connectivity index (χ1) is 9.22. The summed E-state index contributed by atoms with van der Waals surface area (Å²) in [6.07, 6.45) is 1.33. The summed E-state index contributed by atoms with van der Waals surface area (Å²) in [5, 5.41) is 3.02. The smallest absolute Gasteiger partial charge is 0.123 e. The van der Waals surface area contributed by atoms with Gasteiger partial charge < -0.3 is 4.74 Å². The van der Waals surface area contributed by atoms with E-state index in [1.165, 1.54) is 5.56 Å². The fourth-order valence-electron chi connectivity index (χ4n) is 1.65. The Kier molecular flexibility index (Phi) is 5.37. The molecule has 1 heterocycles. The summed E-state index contributed by atoms with van der Waals surface area (Å²) in [4.78, 5) is 4.50. The first-order valence-electron chi connectivity index (χ1n) is 6.44. The van der Waals surface area contributed by atoms with E-state index in [1.807, 2.05) is 11.4 Å². The lowest BCUT2D eigenvalue weighted by Gasteiger charge is -2.10. The van der Waals surface area contributed by atoms with Crippen LogP contribution in [0.25, 0.3) is 10.6 Å². The van der Waals surface area contributed by atoms with E-state index in [1.54, 1.807) is 11.3 Å². The van der Waals surface area contributed by atoms with Crippen LogP contribution in [-0.4, -0.2) is 11.1 Å². The second-order valence-electron chi connectivity index (χ2n) is 4.51. The summed E-state index contributed by atoms with van der Waals surface area (Å²) in [6.45, 7) is 4.87. The van der Waals surface area contributed by atoms with Gasteiger partial charge in [-0.25, -0.2) is 4.98 Å². The van der Waals surface area contributed by atoms with Crippen LogP contribution in [0.4, 0.5) is 0 Å². The number of aromatic nitrogens is 1. The molecule has 2 aromatic rings. The molecule has 2 nitrogen and oxygen atoms in total. The molecule has 0 bridgehead atoms. The van der Waals surface area contributed by atoms with Crippen LogP contribution in [-0.2, 0) is 17.2 Å². The number of benzene rings is 1. The van der Waals surface area contributed by atoms with Gasteiger partial charge in [0.05, 0.1) is 24.3 Å². The van der Waals surface area contributed by atoms with E-state index >= 15 is 0 Å². The van der Waals surface area contributed by atoms with Gasteiger partial charge >= 0.3 is 0 Å². The summed E-state index contributed by atoms with van der Waals surface area (Å²) in [5.41, 5.74) is 3.25. The second kappa shape index (κ2) is 7.04. The van der Waals surface area contributed by atoms with Crippen molar-refractivity contribution in [2.75, 3.05) is 0 Å². The number of nitrogens with zero attached hydrogens (tertiary/aromatic N) is 1. The predicted molar refractivity (Wildman–Crippen MR) is 81.6 cm³/mol. The molecule has 0 N–H and O–H groups in total. The van der Waals surface area contributed by atoms with Crippen LogP contribution in [0.3, 0.4) is 0 Å². The van der Waals surface area contributed by atoms with Crippen LogP contribution < -0.4 is 0 Å². The minimum absolute atomic E-state index is 0.298. The first kappa shape index (κ1) is 14.5. The molecule has 0 fully saturated rings. The summed E-state index contributed by atoms with van der Waals surface area (Å²) >= 11 is 7.41. The Balaban J connectivity index is 2.10. The Hall–Kier alpha value is -0.900. The number of rotatable bonds is 6. The molecule has 0 aliphatic rings. The topological polar surface area (TPSA) is 22.1 Å². The van der Waals surface area contributed by atoms with E-state index in [2.05, 4.69) is 37.0 Å². The Morgan fingerprint density at radius 1 is 1.42 bits per heavy atom. The number of ether oxygens (including phenoxy) is 1. The average Bonchev–Trinajstić information content (AvgIpc) is 2.94. The zero-order valence-corrected chi connectivity index (χ0v) is 12.8. The Morgan fingerprint density at radius 2 is 2.26 bits per heavy atom. The van der Waals surface area contributed by atoms with Crippen molar-refractivity contribution in [1.82, 2.24) is 4.98 Å². The van der Waals surface area contributed by atoms with Crippen molar-refractivity contribution in [2.24, 2.45) is 0 Å². The van der Waals surface area contributed by atoms with E-state index in [9.17, 15) is 0 Å². The largest absolute Gasteiger partial charge is 0.374 e. The van der Waals surface area contributed by atoms with E-state index in [0.29, 0.717) is 18.6 Å². The third kappa shape index (κ3) is 4.03. The van der Waals surface area contributed by atoms with Crippen LogP contribution in [0.1, 0.15) is 31.5 Å². The fraction of sp³-hybridized carbons (Fsp3) is 0.400. The number of hydrogen-bond acceptors (Lipinski definition) is 3. The minimum atomic E-state index is 0.298. The molecule has 4 heteroatoms. The molecular weight excluding hydrogens is 278 g/mol. The highest BCUT2D eigenvalue weighted by Crippen LogP contribution is 2.25. The van der Waals surface area contributed by atoms with Crippen LogP contribution in [0, 0.1) is 0 Å². The lowest BCUT2D eigenvalue weighted by molar-refractivity contribution is 0.0509. The molecule has 1 aromatic heterocycles. The van der Waals surface area contributed by atoms with E-state index in [-0.39, 0.29) is 0 Å². The van der Waals surface area contributed by atoms with Gasteiger partial charge in [0.15, 0.2) is 0 Å². The highest BCUT2D eigenvalue weighted by atomic mass is 35.5. The molecule has 1 aromatic carbocycles. The summed E-state index contributed by atoms with van der Waals surface area (Å²) in [7, 11) is 0. The third-order valence-electron chi connectivity index (χ3n) is 2.97. The van der Waals surface area contributed by atoms with Crippen LogP contribution >= 0.6 is 22.9 Å². The zero-order chi connectivity index (χ0) is 13.7. The van der Waals surface area contributed by atoms with Gasteiger partial charge in [0, 0.05) is 10.9 Å². The van der Waals surface area contributed by atoms with E-state index in [0.717, 1.165) is 22.7 Å². The predicted octanol–water partition coefficient (Wildman–Crippen LogP) is 4.86. The van der Waals surface area contributed by atoms with Crippen molar-refractivity contribution in [2.45, 2.75) is 38.9 Å². The molecule has 0 aliphatic carbocycles. The van der Waals surface area contributed by atoms with Gasteiger partial charge in [-0.05, 0) is 25.0 Å². The maximum absolute atomic E-state index is 5.78. The van der Waals surface area contributed by atoms with Gasteiger partial charge in [0.1, 0.15) is 5.01 Å². The Labute approximate surface area is 123 Å². The summed E-state index contributed by atoms with van der Waals surface area (Å²) in [5.74, 6) is 0.466. The molecule has 0 amide bonds. The first-order valence-corrected chi connectivity index (χ1v) is 7.85. The van der Waals surface area contributed by atoms with Crippen molar-refractivity contribution in [3.63, 3.8) is 0 Å². The molecular formula is C15H18ClNOS. The van der Waals surface area contributed by atoms with Gasteiger partial charge in [-0.3, -0.25) is 0 Å². The van der Waals surface area contributed by atoms with Gasteiger partial charge in [0.2, 0.25) is 0 Å². The molecule has 0 radical (unpaired) electrons. The number of hydrogen-bond donors (Lipinski definition) is 0. The van der Waals surface area contributed by atoms with Crippen molar-refractivity contribution in [3.05, 3.63) is 40.9 Å². The van der Waals surface area contributed by atoms with Crippen LogP contribution in [0.2, 0.25) is 0 Å². The number of halogens is 1. The quantitative estimate of drug-likeness (QED) is 0.710. The van der Waals surface area contributed by atoms with Crippen LogP contribution in [0.5, 0.6) is 0 Å². The molecule has 1 atom stereocenters. The van der Waals surface area contributed by atoms with Crippen molar-refractivity contribution in [3.8, 4) is 10.6 Å². The Bertz CT molecular complexity index is 526. The lowest BCUT2D eigenvalue weighted by atomic mass is 10.1. The number of thiazole rings is 1. The molecule has 0 spiro atoms. The average molecular weight is 296 g/mol. The molecule has 1 unspecified atom stereocenters. The van der Waals surface area contributed by atoms with Gasteiger partial charge in [-0.1, -0.05) is 25.1 Å². The van der Waals surface area contributed by atoms with Crippen molar-refractivity contribution in [1.29, 1.82) is 0 Å². The SMILES string of the molecule is CCC(C)OCc1cccc(-c2nc(CCl)cs2)c1. The fourth-order valence-corrected chi connectivity index (χ4v) is 2.70. The highest BCUT2D eigenvalue weighted by molar-refractivity contribution is 7.13. The second-order valence-corrected chi connectivity index (χ2v) is 5.63. The normalized spacial score (nSPS) is 12.6. The van der Waals surface area contributed by atoms with Gasteiger partial charge in [-0.15, -0.1) is 22.9 Å². The zero-order valence-electron chi connectivity index (χ0n) is 11.2.